The van der Waals surface area contributed by atoms with Crippen LogP contribution < -0.4 is 0 Å². The number of thioether (sulfide) groups is 2. The normalized spacial score (nSPS) is 17.6. The summed E-state index contributed by atoms with van der Waals surface area (Å²) in [6, 6.07) is 12.3. The highest BCUT2D eigenvalue weighted by atomic mass is 32.2. The molecular weight excluding hydrogens is 402 g/mol. The van der Waals surface area contributed by atoms with Crippen molar-refractivity contribution < 1.29 is 4.79 Å². The van der Waals surface area contributed by atoms with Gasteiger partial charge >= 0.3 is 0 Å². The lowest BCUT2D eigenvalue weighted by molar-refractivity contribution is -0.114. The monoisotopic (exact) mass is 423 g/mol. The standard InChI is InChI=1S/C21H21N5OS2/c1-4-28-21-24-26-18(22)17(19(27)23-20(26)29-21)11-16-10-13(2)25(14(16)3)12-15-8-6-5-7-9-15/h5-11,22H,4,12H2,1-3H3. The van der Waals surface area contributed by atoms with Crippen molar-refractivity contribution in [3.05, 3.63) is 64.5 Å². The summed E-state index contributed by atoms with van der Waals surface area (Å²) >= 11 is 2.92. The first-order chi connectivity index (χ1) is 14.0. The Morgan fingerprint density at radius 2 is 2.00 bits per heavy atom. The highest BCUT2D eigenvalue weighted by Crippen LogP contribution is 2.32. The van der Waals surface area contributed by atoms with E-state index in [2.05, 4.69) is 33.7 Å². The van der Waals surface area contributed by atoms with Crippen LogP contribution >= 0.6 is 23.5 Å². The van der Waals surface area contributed by atoms with Crippen LogP contribution in [0.3, 0.4) is 0 Å². The van der Waals surface area contributed by atoms with Gasteiger partial charge in [-0.15, -0.1) is 5.10 Å². The molecular formula is C21H21N5OS2. The highest BCUT2D eigenvalue weighted by Gasteiger charge is 2.35. The Morgan fingerprint density at radius 3 is 2.72 bits per heavy atom. The number of carbonyl (C=O) groups is 1. The lowest BCUT2D eigenvalue weighted by Gasteiger charge is -2.20. The maximum atomic E-state index is 12.6. The molecule has 0 saturated heterocycles. The zero-order valence-corrected chi connectivity index (χ0v) is 18.1. The molecule has 29 heavy (non-hydrogen) atoms. The van der Waals surface area contributed by atoms with Crippen LogP contribution in [0.1, 0.15) is 29.4 Å². The summed E-state index contributed by atoms with van der Waals surface area (Å²) in [4.78, 5) is 16.8. The molecule has 0 atom stereocenters. The van der Waals surface area contributed by atoms with Crippen LogP contribution in [0.15, 0.2) is 52.1 Å². The number of aryl methyl sites for hydroxylation is 1. The molecule has 2 aliphatic heterocycles. The van der Waals surface area contributed by atoms with E-state index < -0.39 is 0 Å². The van der Waals surface area contributed by atoms with Crippen molar-refractivity contribution in [1.29, 1.82) is 5.41 Å². The van der Waals surface area contributed by atoms with Crippen LogP contribution in [0, 0.1) is 19.3 Å². The van der Waals surface area contributed by atoms with Gasteiger partial charge in [0.05, 0.1) is 5.57 Å². The van der Waals surface area contributed by atoms with Gasteiger partial charge in [0.2, 0.25) is 5.17 Å². The second-order valence-corrected chi connectivity index (χ2v) is 9.18. The maximum Gasteiger partial charge on any atom is 0.283 e. The molecule has 8 heteroatoms. The van der Waals surface area contributed by atoms with Crippen molar-refractivity contribution in [2.24, 2.45) is 10.1 Å². The van der Waals surface area contributed by atoms with Crippen molar-refractivity contribution in [1.82, 2.24) is 9.58 Å². The molecule has 2 aromatic rings. The molecule has 1 aromatic heterocycles. The van der Waals surface area contributed by atoms with Crippen LogP contribution in [-0.2, 0) is 11.3 Å². The summed E-state index contributed by atoms with van der Waals surface area (Å²) in [6.45, 7) is 6.89. The number of amidine groups is 2. The van der Waals surface area contributed by atoms with E-state index in [-0.39, 0.29) is 17.3 Å². The van der Waals surface area contributed by atoms with E-state index >= 15 is 0 Å². The van der Waals surface area contributed by atoms with E-state index in [4.69, 9.17) is 5.41 Å². The van der Waals surface area contributed by atoms with E-state index in [0.29, 0.717) is 5.17 Å². The van der Waals surface area contributed by atoms with Crippen LogP contribution in [-0.4, -0.2) is 36.6 Å². The number of hydrogen-bond acceptors (Lipinski definition) is 5. The van der Waals surface area contributed by atoms with Gasteiger partial charge in [-0.05, 0) is 54.6 Å². The van der Waals surface area contributed by atoms with Crippen molar-refractivity contribution >= 4 is 50.9 Å². The Labute approximate surface area is 178 Å². The van der Waals surface area contributed by atoms with Crippen molar-refractivity contribution in [2.45, 2.75) is 27.3 Å². The van der Waals surface area contributed by atoms with E-state index in [1.807, 2.05) is 38.1 Å². The minimum Gasteiger partial charge on any atom is -0.344 e. The Bertz CT molecular complexity index is 1080. The summed E-state index contributed by atoms with van der Waals surface area (Å²) in [5, 5.41) is 14.9. The molecule has 0 saturated carbocycles. The predicted molar refractivity (Wildman–Crippen MR) is 123 cm³/mol. The molecule has 1 amide bonds. The quantitative estimate of drug-likeness (QED) is 0.736. The number of hydrogen-bond donors (Lipinski definition) is 1. The zero-order chi connectivity index (χ0) is 20.5. The fourth-order valence-corrected chi connectivity index (χ4v) is 5.12. The first kappa shape index (κ1) is 19.7. The summed E-state index contributed by atoms with van der Waals surface area (Å²) in [6.07, 6.45) is 1.76. The molecule has 3 heterocycles. The number of carbonyl (C=O) groups excluding carboxylic acids is 1. The summed E-state index contributed by atoms with van der Waals surface area (Å²) in [7, 11) is 0. The van der Waals surface area contributed by atoms with Gasteiger partial charge in [0.25, 0.3) is 5.91 Å². The van der Waals surface area contributed by atoms with E-state index in [9.17, 15) is 4.79 Å². The van der Waals surface area contributed by atoms with E-state index in [1.54, 1.807) is 17.8 Å². The number of benzene rings is 1. The summed E-state index contributed by atoms with van der Waals surface area (Å²) < 4.78 is 3.03. The lowest BCUT2D eigenvalue weighted by Crippen LogP contribution is -2.35. The van der Waals surface area contributed by atoms with Gasteiger partial charge in [-0.2, -0.15) is 10.0 Å². The molecule has 0 radical (unpaired) electrons. The van der Waals surface area contributed by atoms with Gasteiger partial charge in [-0.1, -0.05) is 49.0 Å². The average molecular weight is 424 g/mol. The van der Waals surface area contributed by atoms with Crippen LogP contribution in [0.2, 0.25) is 0 Å². The van der Waals surface area contributed by atoms with Gasteiger partial charge in [-0.3, -0.25) is 10.2 Å². The molecule has 1 N–H and O–H groups in total. The molecule has 0 unspecified atom stereocenters. The summed E-state index contributed by atoms with van der Waals surface area (Å²) in [5.74, 6) is 0.566. The Kier molecular flexibility index (Phi) is 5.47. The molecule has 1 aromatic carbocycles. The summed E-state index contributed by atoms with van der Waals surface area (Å²) in [5.41, 5.74) is 4.56. The number of aromatic nitrogens is 1. The zero-order valence-electron chi connectivity index (χ0n) is 16.5. The van der Waals surface area contributed by atoms with Gasteiger partial charge in [0.15, 0.2) is 10.2 Å². The van der Waals surface area contributed by atoms with Gasteiger partial charge in [0, 0.05) is 17.9 Å². The third-order valence-electron chi connectivity index (χ3n) is 4.80. The second kappa shape index (κ2) is 8.04. The third-order valence-corrected chi connectivity index (χ3v) is 6.72. The number of aliphatic imine (C=N–C) groups is 1. The Morgan fingerprint density at radius 1 is 1.24 bits per heavy atom. The smallest absolute Gasteiger partial charge is 0.283 e. The molecule has 4 rings (SSSR count). The van der Waals surface area contributed by atoms with Gasteiger partial charge in [-0.25, -0.2) is 0 Å². The van der Waals surface area contributed by atoms with Crippen LogP contribution in [0.25, 0.3) is 6.08 Å². The first-order valence-electron chi connectivity index (χ1n) is 9.31. The fraction of sp³-hybridized carbons (Fsp3) is 0.238. The SMILES string of the molecule is CCSC1=NN2C(=N)C(=Cc3cc(C)n(Cc4ccccc4)c3C)C(=O)N=C2S1. The molecule has 6 nitrogen and oxygen atoms in total. The number of hydrazone groups is 1. The Balaban J connectivity index is 1.66. The number of rotatable bonds is 4. The minimum atomic E-state index is -0.389. The highest BCUT2D eigenvalue weighted by molar-refractivity contribution is 8.45. The maximum absolute atomic E-state index is 12.6. The molecule has 0 fully saturated rings. The minimum absolute atomic E-state index is 0.0760. The van der Waals surface area contributed by atoms with Crippen LogP contribution in [0.5, 0.6) is 0 Å². The third kappa shape index (κ3) is 3.82. The first-order valence-corrected chi connectivity index (χ1v) is 11.1. The average Bonchev–Trinajstić information content (AvgIpc) is 3.22. The number of amides is 1. The Hall–Kier alpha value is -2.58. The van der Waals surface area contributed by atoms with Crippen LogP contribution in [0.4, 0.5) is 0 Å². The molecule has 2 aliphatic rings. The molecule has 0 bridgehead atoms. The second-order valence-electron chi connectivity index (χ2n) is 6.72. The van der Waals surface area contributed by atoms with E-state index in [0.717, 1.165) is 33.6 Å². The lowest BCUT2D eigenvalue weighted by atomic mass is 10.1. The molecule has 0 aliphatic carbocycles. The van der Waals surface area contributed by atoms with Gasteiger partial charge in [0.1, 0.15) is 0 Å². The van der Waals surface area contributed by atoms with Gasteiger partial charge < -0.3 is 4.57 Å². The number of nitrogens with zero attached hydrogens (tertiary/aromatic N) is 4. The number of fused-ring (bicyclic) bond motifs is 1. The predicted octanol–water partition coefficient (Wildman–Crippen LogP) is 4.48. The van der Waals surface area contributed by atoms with Crippen molar-refractivity contribution in [3.8, 4) is 0 Å². The largest absolute Gasteiger partial charge is 0.344 e. The topological polar surface area (TPSA) is 73.8 Å². The molecule has 148 valence electrons. The fourth-order valence-electron chi connectivity index (χ4n) is 3.30. The van der Waals surface area contributed by atoms with Crippen molar-refractivity contribution in [3.63, 3.8) is 0 Å². The molecule has 0 spiro atoms. The van der Waals surface area contributed by atoms with Crippen molar-refractivity contribution in [2.75, 3.05) is 5.75 Å². The van der Waals surface area contributed by atoms with E-state index in [1.165, 1.54) is 22.3 Å². The number of nitrogens with one attached hydrogen (secondary N) is 1.